The maximum Gasteiger partial charge on any atom is 0.224 e. The fourth-order valence-corrected chi connectivity index (χ4v) is 1.62. The molecule has 0 aliphatic carbocycles. The molecule has 1 aromatic rings. The van der Waals surface area contributed by atoms with Crippen LogP contribution in [0.2, 0.25) is 5.28 Å². The number of anilines is 1. The first-order chi connectivity index (χ1) is 6.63. The summed E-state index contributed by atoms with van der Waals surface area (Å²) in [5.41, 5.74) is 0. The maximum absolute atomic E-state index is 5.69. The largest absolute Gasteiger partial charge is 0.367 e. The minimum absolute atomic E-state index is 0.263. The number of aromatic nitrogens is 2. The molecule has 14 heavy (non-hydrogen) atoms. The molecule has 1 unspecified atom stereocenters. The normalized spacial score (nSPS) is 12.6. The van der Waals surface area contributed by atoms with Crippen LogP contribution >= 0.6 is 27.5 Å². The van der Waals surface area contributed by atoms with Gasteiger partial charge >= 0.3 is 0 Å². The van der Waals surface area contributed by atoms with Gasteiger partial charge in [-0.1, -0.05) is 13.3 Å². The molecule has 0 saturated carbocycles. The third-order valence-corrected chi connectivity index (χ3v) is 2.58. The Bertz CT molecular complexity index is 306. The smallest absolute Gasteiger partial charge is 0.224 e. The fourth-order valence-electron chi connectivity index (χ4n) is 1.19. The molecule has 0 aromatic carbocycles. The van der Waals surface area contributed by atoms with Crippen LogP contribution in [0, 0.1) is 0 Å². The van der Waals surface area contributed by atoms with Crippen LogP contribution in [0.4, 0.5) is 5.82 Å². The van der Waals surface area contributed by atoms with Gasteiger partial charge in [-0.15, -0.1) is 0 Å². The van der Waals surface area contributed by atoms with Gasteiger partial charge < -0.3 is 5.32 Å². The van der Waals surface area contributed by atoms with Gasteiger partial charge in [0, 0.05) is 12.2 Å². The van der Waals surface area contributed by atoms with Crippen LogP contribution in [0.1, 0.15) is 26.7 Å². The summed E-state index contributed by atoms with van der Waals surface area (Å²) in [6.07, 6.45) is 3.90. The summed E-state index contributed by atoms with van der Waals surface area (Å²) in [6, 6.07) is 0.391. The van der Waals surface area contributed by atoms with E-state index in [-0.39, 0.29) is 5.28 Å². The van der Waals surface area contributed by atoms with Gasteiger partial charge in [-0.05, 0) is 40.9 Å². The van der Waals surface area contributed by atoms with Crippen molar-refractivity contribution in [3.05, 3.63) is 16.0 Å². The Balaban J connectivity index is 2.70. The molecule has 78 valence electrons. The molecule has 0 radical (unpaired) electrons. The molecule has 5 heteroatoms. The Kier molecular flexibility index (Phi) is 4.62. The first kappa shape index (κ1) is 11.7. The van der Waals surface area contributed by atoms with Crippen LogP contribution in [-0.4, -0.2) is 16.0 Å². The number of hydrogen-bond donors (Lipinski definition) is 1. The van der Waals surface area contributed by atoms with Crippen LogP contribution in [0.15, 0.2) is 10.7 Å². The second-order valence-corrected chi connectivity index (χ2v) is 4.36. The molecule has 0 fully saturated rings. The Hall–Kier alpha value is -0.350. The van der Waals surface area contributed by atoms with Crippen LogP contribution in [0.5, 0.6) is 0 Å². The lowest BCUT2D eigenvalue weighted by atomic mass is 10.2. The van der Waals surface area contributed by atoms with Crippen LogP contribution in [0.3, 0.4) is 0 Å². The lowest BCUT2D eigenvalue weighted by Crippen LogP contribution is -2.16. The van der Waals surface area contributed by atoms with Gasteiger partial charge in [0.15, 0.2) is 0 Å². The molecule has 0 aliphatic rings. The van der Waals surface area contributed by atoms with Gasteiger partial charge in [-0.2, -0.15) is 4.98 Å². The molecule has 1 atom stereocenters. The standard InChI is InChI=1S/C9H13BrClN3/c1-3-4-6(2)13-8-7(10)5-12-9(11)14-8/h5-6H,3-4H2,1-2H3,(H,12,13,14). The highest BCUT2D eigenvalue weighted by molar-refractivity contribution is 9.10. The summed E-state index contributed by atoms with van der Waals surface area (Å²) >= 11 is 9.06. The quantitative estimate of drug-likeness (QED) is 0.857. The average molecular weight is 279 g/mol. The topological polar surface area (TPSA) is 37.8 Å². The van der Waals surface area contributed by atoms with Crippen LogP contribution in [0.25, 0.3) is 0 Å². The maximum atomic E-state index is 5.69. The van der Waals surface area contributed by atoms with Crippen LogP contribution in [-0.2, 0) is 0 Å². The third-order valence-electron chi connectivity index (χ3n) is 1.82. The molecule has 3 nitrogen and oxygen atoms in total. The number of nitrogens with one attached hydrogen (secondary N) is 1. The molecule has 0 spiro atoms. The number of halogens is 2. The lowest BCUT2D eigenvalue weighted by Gasteiger charge is -2.14. The van der Waals surface area contributed by atoms with Gasteiger partial charge in [-0.3, -0.25) is 0 Å². The van der Waals surface area contributed by atoms with E-state index in [2.05, 4.69) is 45.1 Å². The Morgan fingerprint density at radius 2 is 2.36 bits per heavy atom. The molecule has 0 saturated heterocycles. The molecule has 0 aliphatic heterocycles. The van der Waals surface area contributed by atoms with E-state index >= 15 is 0 Å². The van der Waals surface area contributed by atoms with Crippen molar-refractivity contribution in [3.8, 4) is 0 Å². The Labute approximate surface area is 97.4 Å². The zero-order chi connectivity index (χ0) is 10.6. The number of hydrogen-bond acceptors (Lipinski definition) is 3. The van der Waals surface area contributed by atoms with Crippen molar-refractivity contribution in [2.45, 2.75) is 32.7 Å². The Morgan fingerprint density at radius 1 is 1.64 bits per heavy atom. The molecular weight excluding hydrogens is 265 g/mol. The predicted octanol–water partition coefficient (Wildman–Crippen LogP) is 3.49. The minimum atomic E-state index is 0.263. The second kappa shape index (κ2) is 5.51. The molecular formula is C9H13BrClN3. The van der Waals surface area contributed by atoms with Crippen molar-refractivity contribution in [2.75, 3.05) is 5.32 Å². The van der Waals surface area contributed by atoms with Crippen molar-refractivity contribution in [1.82, 2.24) is 9.97 Å². The van der Waals surface area contributed by atoms with Gasteiger partial charge in [-0.25, -0.2) is 4.98 Å². The summed E-state index contributed by atoms with van der Waals surface area (Å²) in [5, 5.41) is 3.53. The van der Waals surface area contributed by atoms with E-state index in [1.54, 1.807) is 6.20 Å². The summed E-state index contributed by atoms with van der Waals surface area (Å²) in [7, 11) is 0. The monoisotopic (exact) mass is 277 g/mol. The van der Waals surface area contributed by atoms with Gasteiger partial charge in [0.25, 0.3) is 0 Å². The summed E-state index contributed by atoms with van der Waals surface area (Å²) in [4.78, 5) is 7.95. The number of rotatable bonds is 4. The molecule has 0 amide bonds. The second-order valence-electron chi connectivity index (χ2n) is 3.17. The van der Waals surface area contributed by atoms with E-state index in [1.165, 1.54) is 0 Å². The zero-order valence-corrected chi connectivity index (χ0v) is 10.6. The molecule has 1 aromatic heterocycles. The highest BCUT2D eigenvalue weighted by Crippen LogP contribution is 2.21. The fraction of sp³-hybridized carbons (Fsp3) is 0.556. The molecule has 1 rings (SSSR count). The van der Waals surface area contributed by atoms with Crippen molar-refractivity contribution in [3.63, 3.8) is 0 Å². The van der Waals surface area contributed by atoms with E-state index in [0.29, 0.717) is 6.04 Å². The van der Waals surface area contributed by atoms with E-state index in [9.17, 15) is 0 Å². The van der Waals surface area contributed by atoms with Crippen LogP contribution < -0.4 is 5.32 Å². The first-order valence-electron chi connectivity index (χ1n) is 4.58. The highest BCUT2D eigenvalue weighted by atomic mass is 79.9. The zero-order valence-electron chi connectivity index (χ0n) is 8.22. The van der Waals surface area contributed by atoms with Crippen molar-refractivity contribution >= 4 is 33.3 Å². The van der Waals surface area contributed by atoms with Gasteiger partial charge in [0.1, 0.15) is 5.82 Å². The predicted molar refractivity (Wildman–Crippen MR) is 62.7 cm³/mol. The van der Waals surface area contributed by atoms with E-state index in [4.69, 9.17) is 11.6 Å². The number of nitrogens with zero attached hydrogens (tertiary/aromatic N) is 2. The van der Waals surface area contributed by atoms with Crippen molar-refractivity contribution in [2.24, 2.45) is 0 Å². The lowest BCUT2D eigenvalue weighted by molar-refractivity contribution is 0.686. The third kappa shape index (κ3) is 3.42. The van der Waals surface area contributed by atoms with E-state index in [0.717, 1.165) is 23.1 Å². The highest BCUT2D eigenvalue weighted by Gasteiger charge is 2.06. The first-order valence-corrected chi connectivity index (χ1v) is 5.75. The summed E-state index contributed by atoms with van der Waals surface area (Å²) < 4.78 is 0.838. The van der Waals surface area contributed by atoms with Gasteiger partial charge in [0.05, 0.1) is 4.47 Å². The average Bonchev–Trinajstić information content (AvgIpc) is 2.12. The Morgan fingerprint density at radius 3 is 3.00 bits per heavy atom. The van der Waals surface area contributed by atoms with E-state index in [1.807, 2.05) is 0 Å². The molecule has 0 bridgehead atoms. The SMILES string of the molecule is CCCC(C)Nc1nc(Cl)ncc1Br. The van der Waals surface area contributed by atoms with Crippen molar-refractivity contribution in [1.29, 1.82) is 0 Å². The van der Waals surface area contributed by atoms with Crippen molar-refractivity contribution < 1.29 is 0 Å². The van der Waals surface area contributed by atoms with Gasteiger partial charge in [0.2, 0.25) is 5.28 Å². The summed E-state index contributed by atoms with van der Waals surface area (Å²) in [5.74, 6) is 0.756. The minimum Gasteiger partial charge on any atom is -0.367 e. The summed E-state index contributed by atoms with van der Waals surface area (Å²) in [6.45, 7) is 4.27. The molecule has 1 heterocycles. The van der Waals surface area contributed by atoms with E-state index < -0.39 is 0 Å². The molecule has 1 N–H and O–H groups in total.